The zero-order valence-electron chi connectivity index (χ0n) is 32.8. The van der Waals surface area contributed by atoms with Gasteiger partial charge in [0, 0.05) is 40.7 Å². The fourth-order valence-corrected chi connectivity index (χ4v) is 6.96. The molecule has 4 unspecified atom stereocenters. The number of alkyl carbamates (subject to hydrolysis) is 1. The Balaban J connectivity index is 1.82. The number of phosphoric acid groups is 1. The number of phosphoric ester groups is 1. The van der Waals surface area contributed by atoms with E-state index in [2.05, 4.69) is 20.3 Å². The van der Waals surface area contributed by atoms with Crippen molar-refractivity contribution in [2.75, 3.05) is 19.0 Å². The number of rotatable bonds is 15. The molecule has 3 rings (SSSR count). The molecule has 0 radical (unpaired) electrons. The number of aromatic nitrogens is 2. The Labute approximate surface area is 323 Å². The first-order valence-electron chi connectivity index (χ1n) is 17.5. The van der Waals surface area contributed by atoms with Crippen molar-refractivity contribution in [3.8, 4) is 5.75 Å². The van der Waals surface area contributed by atoms with E-state index < -0.39 is 78.8 Å². The maximum Gasteiger partial charge on any atom is 0.530 e. The predicted molar refractivity (Wildman–Crippen MR) is 204 cm³/mol. The van der Waals surface area contributed by atoms with Crippen LogP contribution in [0.4, 0.5) is 4.79 Å². The van der Waals surface area contributed by atoms with E-state index in [0.29, 0.717) is 5.56 Å². The van der Waals surface area contributed by atoms with E-state index in [1.54, 1.807) is 74.4 Å². The summed E-state index contributed by atoms with van der Waals surface area (Å²) in [6.07, 6.45) is -1.39. The summed E-state index contributed by atoms with van der Waals surface area (Å²) in [5.74, 6) is -0.504. The quantitative estimate of drug-likeness (QED) is 0.0516. The maximum absolute atomic E-state index is 14.1. The highest BCUT2D eigenvalue weighted by Gasteiger charge is 2.40. The molecule has 5 atom stereocenters. The van der Waals surface area contributed by atoms with E-state index in [-0.39, 0.29) is 41.6 Å². The number of esters is 1. The van der Waals surface area contributed by atoms with Crippen molar-refractivity contribution >= 4 is 36.8 Å². The topological polar surface area (TPSA) is 239 Å². The minimum atomic E-state index is -4.48. The molecule has 0 bridgehead atoms. The maximum atomic E-state index is 14.1. The van der Waals surface area contributed by atoms with Crippen LogP contribution in [0, 0.1) is 12.3 Å². The zero-order valence-corrected chi connectivity index (χ0v) is 34.5. The molecule has 1 aromatic heterocycles. The average Bonchev–Trinajstić information content (AvgIpc) is 3.44. The van der Waals surface area contributed by atoms with Crippen molar-refractivity contribution in [3.05, 3.63) is 72.9 Å². The van der Waals surface area contributed by atoms with E-state index in [9.17, 15) is 34.1 Å². The normalized spacial score (nSPS) is 19.1. The van der Waals surface area contributed by atoms with Gasteiger partial charge in [0.15, 0.2) is 5.12 Å². The van der Waals surface area contributed by atoms with Crippen LogP contribution in [0.2, 0.25) is 0 Å². The lowest BCUT2D eigenvalue weighted by molar-refractivity contribution is -0.157. The lowest BCUT2D eigenvalue weighted by Crippen LogP contribution is -2.47. The van der Waals surface area contributed by atoms with Gasteiger partial charge < -0.3 is 24.1 Å². The summed E-state index contributed by atoms with van der Waals surface area (Å²) in [5, 5.41) is 6.22. The second kappa shape index (κ2) is 18.7. The summed E-state index contributed by atoms with van der Waals surface area (Å²) >= 11 is 0.992. The van der Waals surface area contributed by atoms with Crippen LogP contribution in [0.3, 0.4) is 0 Å². The van der Waals surface area contributed by atoms with E-state index in [4.69, 9.17) is 27.8 Å². The second-order valence-electron chi connectivity index (χ2n) is 15.7. The molecule has 1 fully saturated rings. The third-order valence-electron chi connectivity index (χ3n) is 7.40. The molecule has 2 N–H and O–H groups in total. The minimum absolute atomic E-state index is 0.0109. The standard InChI is InChI=1S/C35H51N6O12PS/c1-21-19-41(31(45)38-28(21)42)27-18-24(39-40-36)26(50-27)20-49-54(47,48-15-16-55-30(44)33(2,3)4)53-23-13-11-22(12-14-23)17-25(29(43)51-34(5,6)7)37-32(46)52-35(8,9)10/h11-14,19,24-27H,15-18,20H2,1-10H3,(H,37,46)(H,38,42,45)/t24?,25-,26?,27?,54?/m0/s1. The van der Waals surface area contributed by atoms with Crippen LogP contribution in [0.25, 0.3) is 10.4 Å². The third-order valence-corrected chi connectivity index (χ3v) is 10.0. The Hall–Kier alpha value is -4.12. The molecule has 304 valence electrons. The van der Waals surface area contributed by atoms with Gasteiger partial charge >= 0.3 is 25.6 Å². The molecule has 0 saturated carbocycles. The molecule has 2 aromatic rings. The van der Waals surface area contributed by atoms with Crippen molar-refractivity contribution < 1.29 is 46.7 Å². The van der Waals surface area contributed by atoms with Gasteiger partial charge in [-0.3, -0.25) is 28.2 Å². The number of hydrogen-bond donors (Lipinski definition) is 2. The monoisotopic (exact) mass is 810 g/mol. The largest absolute Gasteiger partial charge is 0.530 e. The Kier molecular flexibility index (Phi) is 15.4. The predicted octanol–water partition coefficient (Wildman–Crippen LogP) is 6.12. The number of thioether (sulfide) groups is 1. The number of aromatic amines is 1. The first-order valence-corrected chi connectivity index (χ1v) is 19.9. The molecule has 1 saturated heterocycles. The number of azide groups is 1. The van der Waals surface area contributed by atoms with Crippen LogP contribution in [-0.4, -0.2) is 75.1 Å². The minimum Gasteiger partial charge on any atom is -0.458 e. The van der Waals surface area contributed by atoms with Gasteiger partial charge in [0.25, 0.3) is 5.56 Å². The van der Waals surface area contributed by atoms with Gasteiger partial charge in [-0.1, -0.05) is 49.8 Å². The molecular formula is C35H51N6O12PS. The highest BCUT2D eigenvalue weighted by molar-refractivity contribution is 8.13. The number of nitrogens with one attached hydrogen (secondary N) is 2. The summed E-state index contributed by atoms with van der Waals surface area (Å²) in [6, 6.07) is 4.11. The van der Waals surface area contributed by atoms with Crippen LogP contribution in [-0.2, 0) is 43.8 Å². The number of ether oxygens (including phenoxy) is 3. The van der Waals surface area contributed by atoms with Gasteiger partial charge in [-0.05, 0) is 71.7 Å². The molecule has 0 spiro atoms. The molecule has 18 nitrogen and oxygen atoms in total. The highest BCUT2D eigenvalue weighted by Crippen LogP contribution is 2.50. The van der Waals surface area contributed by atoms with E-state index >= 15 is 0 Å². The van der Waals surface area contributed by atoms with Crippen molar-refractivity contribution in [2.45, 2.75) is 118 Å². The zero-order chi connectivity index (χ0) is 41.4. The fourth-order valence-electron chi connectivity index (χ4n) is 4.85. The number of nitrogens with zero attached hydrogens (tertiary/aromatic N) is 4. The molecular weight excluding hydrogens is 759 g/mol. The van der Waals surface area contributed by atoms with Gasteiger partial charge in [0.05, 0.1) is 25.4 Å². The van der Waals surface area contributed by atoms with E-state index in [0.717, 1.165) is 16.3 Å². The SMILES string of the molecule is Cc1cn(C2CC(N=[N+]=[N-])C(COP(=O)(OCCSC(=O)C(C)(C)C)Oc3ccc(C[C@H](NC(=O)OC(C)(C)C)C(=O)OC(C)(C)C)cc3)O2)c(=O)[nH]c1=O. The Morgan fingerprint density at radius 2 is 1.69 bits per heavy atom. The van der Waals surface area contributed by atoms with E-state index in [1.807, 2.05) is 0 Å². The second-order valence-corrected chi connectivity index (χ2v) is 18.4. The lowest BCUT2D eigenvalue weighted by Gasteiger charge is -2.26. The van der Waals surface area contributed by atoms with Crippen LogP contribution in [0.15, 0.2) is 45.2 Å². The van der Waals surface area contributed by atoms with Crippen molar-refractivity contribution in [3.63, 3.8) is 0 Å². The summed E-state index contributed by atoms with van der Waals surface area (Å²) in [7, 11) is -4.48. The molecule has 1 amide bonds. The number of carbonyl (C=O) groups is 3. The van der Waals surface area contributed by atoms with Crippen LogP contribution < -0.4 is 21.1 Å². The molecule has 55 heavy (non-hydrogen) atoms. The van der Waals surface area contributed by atoms with Gasteiger partial charge in [-0.2, -0.15) is 0 Å². The smallest absolute Gasteiger partial charge is 0.458 e. The molecule has 1 aliphatic rings. The van der Waals surface area contributed by atoms with Gasteiger partial charge in [-0.25, -0.2) is 18.9 Å². The Morgan fingerprint density at radius 3 is 2.27 bits per heavy atom. The Bertz CT molecular complexity index is 1890. The highest BCUT2D eigenvalue weighted by atomic mass is 32.2. The number of carbonyl (C=O) groups excluding carboxylic acids is 3. The molecule has 1 aromatic carbocycles. The molecule has 0 aliphatic carbocycles. The average molecular weight is 811 g/mol. The fraction of sp³-hybridized carbons (Fsp3) is 0.629. The number of H-pyrrole nitrogens is 1. The van der Waals surface area contributed by atoms with Crippen LogP contribution in [0.1, 0.15) is 86.1 Å². The van der Waals surface area contributed by atoms with Crippen molar-refractivity contribution in [1.82, 2.24) is 14.9 Å². The van der Waals surface area contributed by atoms with Crippen molar-refractivity contribution in [2.24, 2.45) is 10.5 Å². The van der Waals surface area contributed by atoms with Gasteiger partial charge in [-0.15, -0.1) is 0 Å². The molecule has 2 heterocycles. The summed E-state index contributed by atoms with van der Waals surface area (Å²) in [5.41, 5.74) is 6.49. The number of benzene rings is 1. The number of amides is 1. The summed E-state index contributed by atoms with van der Waals surface area (Å²) in [6.45, 7) is 16.3. The van der Waals surface area contributed by atoms with Crippen LogP contribution in [0.5, 0.6) is 5.75 Å². The number of hydrogen-bond acceptors (Lipinski definition) is 14. The third kappa shape index (κ3) is 14.8. The van der Waals surface area contributed by atoms with Gasteiger partial charge in [0.1, 0.15) is 29.2 Å². The summed E-state index contributed by atoms with van der Waals surface area (Å²) in [4.78, 5) is 67.6. The summed E-state index contributed by atoms with van der Waals surface area (Å²) < 4.78 is 49.2. The molecule has 1 aliphatic heterocycles. The first kappa shape index (κ1) is 45.3. The van der Waals surface area contributed by atoms with Crippen LogP contribution >= 0.6 is 19.6 Å². The lowest BCUT2D eigenvalue weighted by atomic mass is 10.00. The Morgan fingerprint density at radius 1 is 1.05 bits per heavy atom. The molecule has 20 heteroatoms. The van der Waals surface area contributed by atoms with Crippen molar-refractivity contribution in [1.29, 1.82) is 0 Å². The van der Waals surface area contributed by atoms with E-state index in [1.165, 1.54) is 25.3 Å². The first-order chi connectivity index (χ1) is 25.4. The van der Waals surface area contributed by atoms with Gasteiger partial charge in [0.2, 0.25) is 0 Å². The number of aryl methyl sites for hydroxylation is 1.